The summed E-state index contributed by atoms with van der Waals surface area (Å²) in [5, 5.41) is 10.9. The number of likely N-dealkylation sites (tertiary alicyclic amines) is 1. The lowest BCUT2D eigenvalue weighted by Crippen LogP contribution is -2.34. The van der Waals surface area contributed by atoms with Crippen molar-refractivity contribution in [1.82, 2.24) is 9.88 Å². The normalized spacial score (nSPS) is 23.8. The van der Waals surface area contributed by atoms with Crippen LogP contribution in [0.3, 0.4) is 0 Å². The standard InChI is InChI=1S/C14H16N2O2/c1-14(18)6-7-16(9-14)13(17)12-8-10-4-2-3-5-11(10)15-12/h2-5,8,15,18H,6-7,9H2,1H3. The van der Waals surface area contributed by atoms with E-state index in [2.05, 4.69) is 4.98 Å². The first-order chi connectivity index (χ1) is 8.55. The van der Waals surface area contributed by atoms with E-state index < -0.39 is 5.60 Å². The third-order valence-corrected chi connectivity index (χ3v) is 3.50. The highest BCUT2D eigenvalue weighted by atomic mass is 16.3. The van der Waals surface area contributed by atoms with Crippen LogP contribution in [0.25, 0.3) is 10.9 Å². The largest absolute Gasteiger partial charge is 0.388 e. The molecule has 1 aliphatic rings. The summed E-state index contributed by atoms with van der Waals surface area (Å²) in [5.41, 5.74) is 0.808. The lowest BCUT2D eigenvalue weighted by atomic mass is 10.1. The molecule has 4 heteroatoms. The van der Waals surface area contributed by atoms with Gasteiger partial charge in [0.2, 0.25) is 0 Å². The molecule has 94 valence electrons. The van der Waals surface area contributed by atoms with E-state index in [-0.39, 0.29) is 5.91 Å². The molecule has 1 aliphatic heterocycles. The number of hydrogen-bond donors (Lipinski definition) is 2. The number of benzene rings is 1. The molecule has 1 atom stereocenters. The van der Waals surface area contributed by atoms with Crippen molar-refractivity contribution in [2.24, 2.45) is 0 Å². The summed E-state index contributed by atoms with van der Waals surface area (Å²) in [7, 11) is 0. The van der Waals surface area contributed by atoms with Crippen molar-refractivity contribution in [3.63, 3.8) is 0 Å². The van der Waals surface area contributed by atoms with Gasteiger partial charge in [-0.1, -0.05) is 18.2 Å². The number of nitrogens with one attached hydrogen (secondary N) is 1. The van der Waals surface area contributed by atoms with Gasteiger partial charge in [-0.3, -0.25) is 4.79 Å². The van der Waals surface area contributed by atoms with Crippen molar-refractivity contribution in [1.29, 1.82) is 0 Å². The minimum absolute atomic E-state index is 0.0380. The maximum absolute atomic E-state index is 12.3. The van der Waals surface area contributed by atoms with Gasteiger partial charge in [0.05, 0.1) is 5.60 Å². The minimum atomic E-state index is -0.748. The van der Waals surface area contributed by atoms with E-state index in [0.29, 0.717) is 25.2 Å². The van der Waals surface area contributed by atoms with Crippen LogP contribution in [-0.2, 0) is 0 Å². The highest BCUT2D eigenvalue weighted by Crippen LogP contribution is 2.23. The second-order valence-corrected chi connectivity index (χ2v) is 5.24. The average molecular weight is 244 g/mol. The van der Waals surface area contributed by atoms with Crippen molar-refractivity contribution in [2.75, 3.05) is 13.1 Å². The predicted molar refractivity (Wildman–Crippen MR) is 69.4 cm³/mol. The van der Waals surface area contributed by atoms with Crippen molar-refractivity contribution in [2.45, 2.75) is 18.9 Å². The van der Waals surface area contributed by atoms with Crippen LogP contribution in [0.5, 0.6) is 0 Å². The molecule has 2 aromatic rings. The fourth-order valence-corrected chi connectivity index (χ4v) is 2.48. The Morgan fingerprint density at radius 1 is 1.44 bits per heavy atom. The van der Waals surface area contributed by atoms with Crippen LogP contribution in [0, 0.1) is 0 Å². The quantitative estimate of drug-likeness (QED) is 0.803. The summed E-state index contributed by atoms with van der Waals surface area (Å²) in [6.07, 6.45) is 0.638. The van der Waals surface area contributed by atoms with Gasteiger partial charge in [0, 0.05) is 24.0 Å². The molecule has 1 aromatic heterocycles. The van der Waals surface area contributed by atoms with Gasteiger partial charge in [-0.15, -0.1) is 0 Å². The number of fused-ring (bicyclic) bond motifs is 1. The van der Waals surface area contributed by atoms with Crippen LogP contribution in [0.1, 0.15) is 23.8 Å². The molecule has 2 N–H and O–H groups in total. The maximum atomic E-state index is 12.3. The molecular formula is C14H16N2O2. The summed E-state index contributed by atoms with van der Waals surface area (Å²) in [5.74, 6) is -0.0380. The zero-order chi connectivity index (χ0) is 12.8. The van der Waals surface area contributed by atoms with Crippen LogP contribution < -0.4 is 0 Å². The molecule has 2 heterocycles. The summed E-state index contributed by atoms with van der Waals surface area (Å²) < 4.78 is 0. The first-order valence-electron chi connectivity index (χ1n) is 6.15. The molecule has 4 nitrogen and oxygen atoms in total. The molecule has 1 saturated heterocycles. The van der Waals surface area contributed by atoms with Gasteiger partial charge in [-0.05, 0) is 25.5 Å². The second kappa shape index (κ2) is 3.85. The molecule has 18 heavy (non-hydrogen) atoms. The number of carbonyl (C=O) groups excluding carboxylic acids is 1. The number of hydrogen-bond acceptors (Lipinski definition) is 2. The Balaban J connectivity index is 1.88. The third-order valence-electron chi connectivity index (χ3n) is 3.50. The van der Waals surface area contributed by atoms with E-state index in [4.69, 9.17) is 0 Å². The minimum Gasteiger partial charge on any atom is -0.388 e. The van der Waals surface area contributed by atoms with E-state index in [1.807, 2.05) is 30.3 Å². The van der Waals surface area contributed by atoms with E-state index in [1.165, 1.54) is 0 Å². The Kier molecular flexibility index (Phi) is 2.41. The van der Waals surface area contributed by atoms with E-state index in [1.54, 1.807) is 11.8 Å². The maximum Gasteiger partial charge on any atom is 0.270 e. The number of aromatic nitrogens is 1. The van der Waals surface area contributed by atoms with Crippen LogP contribution in [0.15, 0.2) is 30.3 Å². The topological polar surface area (TPSA) is 56.3 Å². The van der Waals surface area contributed by atoms with Gasteiger partial charge < -0.3 is 15.0 Å². The first kappa shape index (κ1) is 11.3. The van der Waals surface area contributed by atoms with Gasteiger partial charge in [0.25, 0.3) is 5.91 Å². The summed E-state index contributed by atoms with van der Waals surface area (Å²) >= 11 is 0. The lowest BCUT2D eigenvalue weighted by Gasteiger charge is -2.18. The highest BCUT2D eigenvalue weighted by molar-refractivity contribution is 5.98. The molecule has 1 amide bonds. The fraction of sp³-hybridized carbons (Fsp3) is 0.357. The Morgan fingerprint density at radius 3 is 2.89 bits per heavy atom. The Bertz CT molecular complexity index is 568. The molecule has 0 bridgehead atoms. The number of aromatic amines is 1. The number of amides is 1. The van der Waals surface area contributed by atoms with Crippen LogP contribution in [-0.4, -0.2) is 39.6 Å². The number of H-pyrrole nitrogens is 1. The number of nitrogens with zero attached hydrogens (tertiary/aromatic N) is 1. The van der Waals surface area contributed by atoms with Crippen LogP contribution >= 0.6 is 0 Å². The van der Waals surface area contributed by atoms with Gasteiger partial charge >= 0.3 is 0 Å². The molecule has 1 aromatic carbocycles. The molecule has 1 unspecified atom stereocenters. The lowest BCUT2D eigenvalue weighted by molar-refractivity contribution is 0.0569. The number of aliphatic hydroxyl groups is 1. The van der Waals surface area contributed by atoms with Gasteiger partial charge in [0.15, 0.2) is 0 Å². The zero-order valence-corrected chi connectivity index (χ0v) is 10.3. The van der Waals surface area contributed by atoms with Crippen LogP contribution in [0.4, 0.5) is 0 Å². The number of β-amino-alcohol motifs (C(OH)–C–C–N with tert-alkyl or cyclic N) is 1. The molecular weight excluding hydrogens is 228 g/mol. The predicted octanol–water partition coefficient (Wildman–Crippen LogP) is 1.76. The molecule has 0 radical (unpaired) electrons. The van der Waals surface area contributed by atoms with Gasteiger partial charge in [-0.25, -0.2) is 0 Å². The van der Waals surface area contributed by atoms with Gasteiger partial charge in [-0.2, -0.15) is 0 Å². The van der Waals surface area contributed by atoms with Crippen molar-refractivity contribution >= 4 is 16.8 Å². The first-order valence-corrected chi connectivity index (χ1v) is 6.15. The average Bonchev–Trinajstić information content (AvgIpc) is 2.91. The number of rotatable bonds is 1. The Hall–Kier alpha value is -1.81. The smallest absolute Gasteiger partial charge is 0.270 e. The molecule has 0 saturated carbocycles. The van der Waals surface area contributed by atoms with E-state index >= 15 is 0 Å². The molecule has 3 rings (SSSR count). The SMILES string of the molecule is CC1(O)CCN(C(=O)c2cc3ccccc3[nH]2)C1. The Labute approximate surface area is 105 Å². The summed E-state index contributed by atoms with van der Waals surface area (Å²) in [4.78, 5) is 17.1. The monoisotopic (exact) mass is 244 g/mol. The summed E-state index contributed by atoms with van der Waals surface area (Å²) in [6.45, 7) is 2.79. The Morgan fingerprint density at radius 2 is 2.22 bits per heavy atom. The summed E-state index contributed by atoms with van der Waals surface area (Å²) in [6, 6.07) is 9.68. The fourth-order valence-electron chi connectivity index (χ4n) is 2.48. The number of carbonyl (C=O) groups is 1. The van der Waals surface area contributed by atoms with Gasteiger partial charge in [0.1, 0.15) is 5.69 Å². The molecule has 0 aliphatic carbocycles. The number of para-hydroxylation sites is 1. The second-order valence-electron chi connectivity index (χ2n) is 5.24. The van der Waals surface area contributed by atoms with Crippen molar-refractivity contribution < 1.29 is 9.90 Å². The van der Waals surface area contributed by atoms with Crippen molar-refractivity contribution in [3.05, 3.63) is 36.0 Å². The van der Waals surface area contributed by atoms with E-state index in [0.717, 1.165) is 10.9 Å². The van der Waals surface area contributed by atoms with Crippen molar-refractivity contribution in [3.8, 4) is 0 Å². The molecule has 0 spiro atoms. The third kappa shape index (κ3) is 1.88. The van der Waals surface area contributed by atoms with Crippen LogP contribution in [0.2, 0.25) is 0 Å². The highest BCUT2D eigenvalue weighted by Gasteiger charge is 2.34. The zero-order valence-electron chi connectivity index (χ0n) is 10.3. The van der Waals surface area contributed by atoms with E-state index in [9.17, 15) is 9.90 Å². The molecule has 1 fully saturated rings.